The van der Waals surface area contributed by atoms with Crippen LogP contribution in [-0.2, 0) is 19.6 Å². The lowest BCUT2D eigenvalue weighted by Gasteiger charge is -2.15. The van der Waals surface area contributed by atoms with Gasteiger partial charge in [-0.15, -0.1) is 0 Å². The van der Waals surface area contributed by atoms with E-state index in [9.17, 15) is 18.0 Å². The smallest absolute Gasteiger partial charge is 0.338 e. The predicted octanol–water partition coefficient (Wildman–Crippen LogP) is 2.05. The van der Waals surface area contributed by atoms with Crippen LogP contribution in [0.25, 0.3) is 0 Å². The summed E-state index contributed by atoms with van der Waals surface area (Å²) in [5.74, 6) is -0.232. The number of anilines is 1. The molecule has 32 heavy (non-hydrogen) atoms. The molecular formula is C21H22N2O8S. The van der Waals surface area contributed by atoms with E-state index in [1.807, 2.05) is 0 Å². The first-order valence-electron chi connectivity index (χ1n) is 9.88. The maximum atomic E-state index is 12.6. The quantitative estimate of drug-likeness (QED) is 0.570. The number of carbonyl (C=O) groups excluding carboxylic acids is 2. The molecule has 11 heteroatoms. The number of fused-ring (bicyclic) bond motifs is 1. The van der Waals surface area contributed by atoms with Gasteiger partial charge < -0.3 is 24.3 Å². The molecule has 1 aliphatic carbocycles. The van der Waals surface area contributed by atoms with Crippen LogP contribution in [0.15, 0.2) is 41.3 Å². The molecule has 1 saturated carbocycles. The Kier molecular flexibility index (Phi) is 5.94. The molecule has 0 aromatic heterocycles. The van der Waals surface area contributed by atoms with Gasteiger partial charge in [0.15, 0.2) is 17.6 Å². The summed E-state index contributed by atoms with van der Waals surface area (Å²) in [6.07, 6.45) is 0.387. The second kappa shape index (κ2) is 8.67. The fourth-order valence-corrected chi connectivity index (χ4v) is 4.50. The summed E-state index contributed by atoms with van der Waals surface area (Å²) in [6, 6.07) is 8.70. The maximum absolute atomic E-state index is 12.6. The SMILES string of the molecule is COc1ccc(C(=O)OC(C)C(=O)Nc2ccc3c(c2)OCO3)cc1S(=O)(=O)NC1CC1. The zero-order valence-electron chi connectivity index (χ0n) is 17.4. The number of rotatable bonds is 8. The van der Waals surface area contributed by atoms with E-state index in [1.54, 1.807) is 18.2 Å². The van der Waals surface area contributed by atoms with Crippen LogP contribution in [0.1, 0.15) is 30.1 Å². The highest BCUT2D eigenvalue weighted by molar-refractivity contribution is 7.89. The second-order valence-corrected chi connectivity index (χ2v) is 9.05. The monoisotopic (exact) mass is 462 g/mol. The van der Waals surface area contributed by atoms with Crippen molar-refractivity contribution in [3.63, 3.8) is 0 Å². The van der Waals surface area contributed by atoms with Crippen molar-refractivity contribution in [1.29, 1.82) is 0 Å². The Morgan fingerprint density at radius 3 is 2.56 bits per heavy atom. The van der Waals surface area contributed by atoms with Gasteiger partial charge in [0.2, 0.25) is 16.8 Å². The van der Waals surface area contributed by atoms with E-state index in [4.69, 9.17) is 18.9 Å². The third kappa shape index (κ3) is 4.78. The Labute approximate surface area is 184 Å². The lowest BCUT2D eigenvalue weighted by Crippen LogP contribution is -2.30. The molecule has 0 saturated heterocycles. The van der Waals surface area contributed by atoms with Crippen LogP contribution in [0, 0.1) is 0 Å². The molecular weight excluding hydrogens is 440 g/mol. The largest absolute Gasteiger partial charge is 0.495 e. The first kappa shape index (κ1) is 21.9. The van der Waals surface area contributed by atoms with Crippen molar-refractivity contribution in [3.8, 4) is 17.2 Å². The van der Waals surface area contributed by atoms with E-state index in [0.29, 0.717) is 17.2 Å². The predicted molar refractivity (Wildman–Crippen MR) is 112 cm³/mol. The summed E-state index contributed by atoms with van der Waals surface area (Å²) in [5, 5.41) is 2.63. The summed E-state index contributed by atoms with van der Waals surface area (Å²) in [6.45, 7) is 1.52. The topological polar surface area (TPSA) is 129 Å². The number of benzene rings is 2. The van der Waals surface area contributed by atoms with E-state index >= 15 is 0 Å². The first-order valence-corrected chi connectivity index (χ1v) is 11.4. The lowest BCUT2D eigenvalue weighted by molar-refractivity contribution is -0.123. The van der Waals surface area contributed by atoms with Gasteiger partial charge in [-0.3, -0.25) is 4.79 Å². The highest BCUT2D eigenvalue weighted by atomic mass is 32.2. The fraction of sp³-hybridized carbons (Fsp3) is 0.333. The molecule has 1 heterocycles. The van der Waals surface area contributed by atoms with Crippen molar-refractivity contribution in [2.45, 2.75) is 36.8 Å². The van der Waals surface area contributed by atoms with Gasteiger partial charge in [-0.2, -0.15) is 0 Å². The molecule has 1 atom stereocenters. The van der Waals surface area contributed by atoms with Crippen LogP contribution in [0.3, 0.4) is 0 Å². The van der Waals surface area contributed by atoms with Crippen LogP contribution >= 0.6 is 0 Å². The van der Waals surface area contributed by atoms with Gasteiger partial charge in [-0.05, 0) is 50.1 Å². The van der Waals surface area contributed by atoms with E-state index in [1.165, 1.54) is 32.2 Å². The van der Waals surface area contributed by atoms with Crippen LogP contribution in [0.5, 0.6) is 17.2 Å². The van der Waals surface area contributed by atoms with Gasteiger partial charge in [-0.1, -0.05) is 0 Å². The Hall–Kier alpha value is -3.31. The summed E-state index contributed by atoms with van der Waals surface area (Å²) in [7, 11) is -2.53. The standard InChI is InChI=1S/C21H22N2O8S/c1-12(20(24)22-15-6-8-16-18(10-15)30-11-29-16)31-21(25)13-3-7-17(28-2)19(9-13)32(26,27)23-14-4-5-14/h3,6-10,12,14,23H,4-5,11H2,1-2H3,(H,22,24). The average molecular weight is 462 g/mol. The molecule has 0 spiro atoms. The summed E-state index contributed by atoms with van der Waals surface area (Å²) in [4.78, 5) is 24.9. The van der Waals surface area contributed by atoms with Gasteiger partial charge >= 0.3 is 5.97 Å². The van der Waals surface area contributed by atoms with Crippen molar-refractivity contribution in [1.82, 2.24) is 4.72 Å². The number of hydrogen-bond donors (Lipinski definition) is 2. The van der Waals surface area contributed by atoms with Gasteiger partial charge in [0.25, 0.3) is 5.91 Å². The van der Waals surface area contributed by atoms with Crippen molar-refractivity contribution in [2.75, 3.05) is 19.2 Å². The van der Waals surface area contributed by atoms with Crippen LogP contribution < -0.4 is 24.2 Å². The zero-order chi connectivity index (χ0) is 22.9. The molecule has 1 unspecified atom stereocenters. The molecule has 0 bridgehead atoms. The molecule has 1 amide bonds. The maximum Gasteiger partial charge on any atom is 0.338 e. The molecule has 170 valence electrons. The first-order chi connectivity index (χ1) is 15.3. The molecule has 4 rings (SSSR count). The number of esters is 1. The highest BCUT2D eigenvalue weighted by Crippen LogP contribution is 2.34. The van der Waals surface area contributed by atoms with Gasteiger partial charge in [0, 0.05) is 17.8 Å². The molecule has 0 radical (unpaired) electrons. The minimum absolute atomic E-state index is 0.0234. The van der Waals surface area contributed by atoms with Gasteiger partial charge in [0.05, 0.1) is 12.7 Å². The normalized spacial score (nSPS) is 15.7. The van der Waals surface area contributed by atoms with Crippen molar-refractivity contribution in [2.24, 2.45) is 0 Å². The fourth-order valence-electron chi connectivity index (χ4n) is 3.00. The molecule has 10 nitrogen and oxygen atoms in total. The Morgan fingerprint density at radius 2 is 1.84 bits per heavy atom. The number of amides is 1. The number of methoxy groups -OCH3 is 1. The van der Waals surface area contributed by atoms with Gasteiger partial charge in [-0.25, -0.2) is 17.9 Å². The molecule has 2 aliphatic rings. The number of ether oxygens (including phenoxy) is 4. The van der Waals surface area contributed by atoms with E-state index in [-0.39, 0.29) is 29.0 Å². The number of nitrogens with one attached hydrogen (secondary N) is 2. The van der Waals surface area contributed by atoms with Crippen LogP contribution in [-0.4, -0.2) is 46.3 Å². The minimum Gasteiger partial charge on any atom is -0.495 e. The Bertz CT molecular complexity index is 1160. The molecule has 2 aromatic carbocycles. The number of carbonyl (C=O) groups is 2. The molecule has 1 aliphatic heterocycles. The second-order valence-electron chi connectivity index (χ2n) is 7.37. The number of hydrogen-bond acceptors (Lipinski definition) is 8. The summed E-state index contributed by atoms with van der Waals surface area (Å²) >= 11 is 0. The third-order valence-corrected chi connectivity index (χ3v) is 6.42. The van der Waals surface area contributed by atoms with Crippen molar-refractivity contribution in [3.05, 3.63) is 42.0 Å². The lowest BCUT2D eigenvalue weighted by atomic mass is 10.2. The van der Waals surface area contributed by atoms with Gasteiger partial charge in [0.1, 0.15) is 10.6 Å². The molecule has 2 aromatic rings. The molecule has 2 N–H and O–H groups in total. The zero-order valence-corrected chi connectivity index (χ0v) is 18.2. The van der Waals surface area contributed by atoms with Crippen molar-refractivity contribution < 1.29 is 37.0 Å². The highest BCUT2D eigenvalue weighted by Gasteiger charge is 2.31. The summed E-state index contributed by atoms with van der Waals surface area (Å²) in [5.41, 5.74) is 0.427. The Morgan fingerprint density at radius 1 is 1.09 bits per heavy atom. The molecule has 1 fully saturated rings. The number of sulfonamides is 1. The van der Waals surface area contributed by atoms with E-state index in [2.05, 4.69) is 10.0 Å². The third-order valence-electron chi connectivity index (χ3n) is 4.88. The summed E-state index contributed by atoms with van der Waals surface area (Å²) < 4.78 is 48.7. The average Bonchev–Trinajstić information content (AvgIpc) is 3.44. The minimum atomic E-state index is -3.87. The van der Waals surface area contributed by atoms with Crippen molar-refractivity contribution >= 4 is 27.6 Å². The van der Waals surface area contributed by atoms with Crippen LogP contribution in [0.4, 0.5) is 5.69 Å². The van der Waals surface area contributed by atoms with Crippen LogP contribution in [0.2, 0.25) is 0 Å². The Balaban J connectivity index is 1.44. The van der Waals surface area contributed by atoms with E-state index < -0.39 is 28.0 Å². The van der Waals surface area contributed by atoms with E-state index in [0.717, 1.165) is 12.8 Å².